The minimum atomic E-state index is -3.88. The smallest absolute Gasteiger partial charge is 0.324 e. The zero-order valence-corrected chi connectivity index (χ0v) is 13.0. The number of carbonyl (C=O) groups excluding carboxylic acids is 1. The van der Waals surface area contributed by atoms with Crippen molar-refractivity contribution in [2.75, 3.05) is 18.9 Å². The van der Waals surface area contributed by atoms with E-state index in [1.165, 1.54) is 15.2 Å². The lowest BCUT2D eigenvalue weighted by molar-refractivity contribution is -0.148. The summed E-state index contributed by atoms with van der Waals surface area (Å²) < 4.78 is 33.1. The Balaban J connectivity index is 2.39. The van der Waals surface area contributed by atoms with Crippen LogP contribution in [0.4, 0.5) is 5.82 Å². The van der Waals surface area contributed by atoms with Crippen LogP contribution in [-0.2, 0) is 26.6 Å². The van der Waals surface area contributed by atoms with E-state index >= 15 is 0 Å². The van der Waals surface area contributed by atoms with Crippen LogP contribution in [0.3, 0.4) is 0 Å². The summed E-state index contributed by atoms with van der Waals surface area (Å²) in [5.41, 5.74) is 5.66. The summed E-state index contributed by atoms with van der Waals surface area (Å²) in [6, 6.07) is -0.794. The van der Waals surface area contributed by atoms with Gasteiger partial charge in [0.1, 0.15) is 6.04 Å². The average Bonchev–Trinajstić information content (AvgIpc) is 2.79. The lowest BCUT2D eigenvalue weighted by Crippen LogP contribution is -2.49. The van der Waals surface area contributed by atoms with Gasteiger partial charge in [-0.05, 0) is 26.2 Å². The fourth-order valence-corrected chi connectivity index (χ4v) is 4.38. The Hall–Kier alpha value is -1.61. The zero-order chi connectivity index (χ0) is 15.6. The summed E-state index contributed by atoms with van der Waals surface area (Å²) in [6.07, 6.45) is 3.28. The van der Waals surface area contributed by atoms with Crippen LogP contribution in [0.15, 0.2) is 11.4 Å². The van der Waals surface area contributed by atoms with Crippen molar-refractivity contribution in [1.82, 2.24) is 13.9 Å². The van der Waals surface area contributed by atoms with Crippen molar-refractivity contribution in [3.8, 4) is 0 Å². The summed E-state index contributed by atoms with van der Waals surface area (Å²) in [5.74, 6) is -0.577. The standard InChI is InChI=1S/C12H20N4O4S/c1-3-20-12(17)9-6-4-5-7-16(9)21(18,19)11-10(13)14-8-15(11)2/h8-9H,3-7,13H2,1-2H3. The van der Waals surface area contributed by atoms with E-state index in [9.17, 15) is 13.2 Å². The number of aryl methyl sites for hydroxylation is 1. The number of nitrogens with two attached hydrogens (primary N) is 1. The molecule has 2 heterocycles. The van der Waals surface area contributed by atoms with E-state index in [2.05, 4.69) is 4.98 Å². The number of rotatable bonds is 4. The first kappa shape index (κ1) is 15.8. The molecule has 118 valence electrons. The fraction of sp³-hybridized carbons (Fsp3) is 0.667. The van der Waals surface area contributed by atoms with Gasteiger partial charge in [0.15, 0.2) is 10.8 Å². The minimum Gasteiger partial charge on any atom is -0.465 e. The number of aromatic nitrogens is 2. The summed E-state index contributed by atoms with van der Waals surface area (Å²) >= 11 is 0. The van der Waals surface area contributed by atoms with Gasteiger partial charge in [-0.2, -0.15) is 4.31 Å². The number of hydrogen-bond acceptors (Lipinski definition) is 6. The fourth-order valence-electron chi connectivity index (χ4n) is 2.53. The van der Waals surface area contributed by atoms with Gasteiger partial charge in [0.25, 0.3) is 10.0 Å². The molecule has 0 amide bonds. The second-order valence-corrected chi connectivity index (χ2v) is 6.73. The van der Waals surface area contributed by atoms with Crippen molar-refractivity contribution in [3.63, 3.8) is 0 Å². The Morgan fingerprint density at radius 2 is 2.24 bits per heavy atom. The molecule has 1 saturated heterocycles. The molecule has 21 heavy (non-hydrogen) atoms. The first-order valence-electron chi connectivity index (χ1n) is 6.84. The van der Waals surface area contributed by atoms with Crippen LogP contribution in [0.2, 0.25) is 0 Å². The molecular weight excluding hydrogens is 296 g/mol. The molecule has 1 aromatic rings. The molecule has 1 aliphatic heterocycles. The number of carbonyl (C=O) groups is 1. The van der Waals surface area contributed by atoms with Crippen molar-refractivity contribution in [2.45, 2.75) is 37.3 Å². The van der Waals surface area contributed by atoms with Gasteiger partial charge in [-0.3, -0.25) is 4.79 Å². The lowest BCUT2D eigenvalue weighted by Gasteiger charge is -2.32. The lowest BCUT2D eigenvalue weighted by atomic mass is 10.1. The van der Waals surface area contributed by atoms with E-state index in [4.69, 9.17) is 10.5 Å². The van der Waals surface area contributed by atoms with Gasteiger partial charge >= 0.3 is 5.97 Å². The van der Waals surface area contributed by atoms with Crippen LogP contribution in [0.25, 0.3) is 0 Å². The third-order valence-electron chi connectivity index (χ3n) is 3.47. The first-order valence-corrected chi connectivity index (χ1v) is 8.28. The highest BCUT2D eigenvalue weighted by Gasteiger charge is 2.40. The van der Waals surface area contributed by atoms with Crippen LogP contribution in [-0.4, -0.2) is 47.4 Å². The molecule has 2 N–H and O–H groups in total. The number of hydrogen-bond donors (Lipinski definition) is 1. The normalized spacial score (nSPS) is 20.4. The topological polar surface area (TPSA) is 108 Å². The predicted octanol–water partition coefficient (Wildman–Crippen LogP) is 0.109. The van der Waals surface area contributed by atoms with E-state index in [-0.39, 0.29) is 24.0 Å². The third kappa shape index (κ3) is 2.88. The molecule has 8 nitrogen and oxygen atoms in total. The van der Waals surface area contributed by atoms with Crippen molar-refractivity contribution < 1.29 is 17.9 Å². The molecule has 0 aromatic carbocycles. The number of ether oxygens (including phenoxy) is 1. The second-order valence-electron chi connectivity index (χ2n) is 4.93. The molecule has 1 unspecified atom stereocenters. The maximum absolute atomic E-state index is 12.8. The van der Waals surface area contributed by atoms with Crippen molar-refractivity contribution in [1.29, 1.82) is 0 Å². The van der Waals surface area contributed by atoms with Crippen molar-refractivity contribution in [2.24, 2.45) is 7.05 Å². The zero-order valence-electron chi connectivity index (χ0n) is 12.2. The maximum atomic E-state index is 12.8. The number of anilines is 1. The van der Waals surface area contributed by atoms with Gasteiger partial charge in [0.2, 0.25) is 0 Å². The second kappa shape index (κ2) is 6.02. The number of nitrogen functional groups attached to an aromatic ring is 1. The molecule has 1 atom stereocenters. The molecule has 0 saturated carbocycles. The van der Waals surface area contributed by atoms with Crippen LogP contribution in [0.1, 0.15) is 26.2 Å². The largest absolute Gasteiger partial charge is 0.465 e. The Morgan fingerprint density at radius 3 is 2.81 bits per heavy atom. The Morgan fingerprint density at radius 1 is 1.52 bits per heavy atom. The minimum absolute atomic E-state index is 0.0642. The molecule has 0 radical (unpaired) electrons. The van der Waals surface area contributed by atoms with Gasteiger partial charge in [0, 0.05) is 13.6 Å². The molecule has 2 rings (SSSR count). The molecule has 9 heteroatoms. The molecular formula is C12H20N4O4S. The van der Waals surface area contributed by atoms with Crippen LogP contribution < -0.4 is 5.73 Å². The van der Waals surface area contributed by atoms with E-state index in [0.717, 1.165) is 6.42 Å². The number of piperidine rings is 1. The van der Waals surface area contributed by atoms with Gasteiger partial charge in [-0.25, -0.2) is 13.4 Å². The Bertz CT molecular complexity index is 606. The number of imidazole rings is 1. The SMILES string of the molecule is CCOC(=O)C1CCCCN1S(=O)(=O)c1c(N)ncn1C. The van der Waals surface area contributed by atoms with Gasteiger partial charge < -0.3 is 15.0 Å². The number of sulfonamides is 1. The average molecular weight is 316 g/mol. The quantitative estimate of drug-likeness (QED) is 0.790. The molecule has 0 bridgehead atoms. The molecule has 0 aliphatic carbocycles. The Kier molecular flexibility index (Phi) is 4.52. The summed E-state index contributed by atoms with van der Waals surface area (Å²) in [5, 5.41) is -0.0845. The Labute approximate surface area is 123 Å². The van der Waals surface area contributed by atoms with E-state index in [1.54, 1.807) is 14.0 Å². The van der Waals surface area contributed by atoms with E-state index < -0.39 is 22.0 Å². The first-order chi connectivity index (χ1) is 9.89. The highest BCUT2D eigenvalue weighted by atomic mass is 32.2. The van der Waals surface area contributed by atoms with E-state index in [0.29, 0.717) is 12.8 Å². The summed E-state index contributed by atoms with van der Waals surface area (Å²) in [6.45, 7) is 2.19. The highest BCUT2D eigenvalue weighted by molar-refractivity contribution is 7.89. The number of nitrogens with zero attached hydrogens (tertiary/aromatic N) is 3. The van der Waals surface area contributed by atoms with Crippen LogP contribution >= 0.6 is 0 Å². The van der Waals surface area contributed by atoms with Crippen LogP contribution in [0, 0.1) is 0 Å². The van der Waals surface area contributed by atoms with E-state index in [1.807, 2.05) is 0 Å². The van der Waals surface area contributed by atoms with Gasteiger partial charge in [-0.1, -0.05) is 0 Å². The van der Waals surface area contributed by atoms with Gasteiger partial charge in [-0.15, -0.1) is 0 Å². The highest BCUT2D eigenvalue weighted by Crippen LogP contribution is 2.28. The molecule has 0 spiro atoms. The van der Waals surface area contributed by atoms with Crippen LogP contribution in [0.5, 0.6) is 0 Å². The third-order valence-corrected chi connectivity index (χ3v) is 5.52. The maximum Gasteiger partial charge on any atom is 0.324 e. The molecule has 1 fully saturated rings. The number of esters is 1. The van der Waals surface area contributed by atoms with Crippen molar-refractivity contribution in [3.05, 3.63) is 6.33 Å². The summed E-state index contributed by atoms with van der Waals surface area (Å²) in [4.78, 5) is 15.8. The van der Waals surface area contributed by atoms with Gasteiger partial charge in [0.05, 0.1) is 12.9 Å². The predicted molar refractivity (Wildman–Crippen MR) is 75.8 cm³/mol. The molecule has 1 aromatic heterocycles. The van der Waals surface area contributed by atoms with Crippen molar-refractivity contribution >= 4 is 21.8 Å². The molecule has 1 aliphatic rings. The monoisotopic (exact) mass is 316 g/mol. The summed E-state index contributed by atoms with van der Waals surface area (Å²) in [7, 11) is -2.33.